The Morgan fingerprint density at radius 1 is 1.19 bits per heavy atom. The quantitative estimate of drug-likeness (QED) is 0.232. The van der Waals surface area contributed by atoms with E-state index in [-0.39, 0.29) is 30.9 Å². The van der Waals surface area contributed by atoms with Crippen molar-refractivity contribution in [2.45, 2.75) is 49.3 Å². The molecule has 6 rings (SSSR count). The van der Waals surface area contributed by atoms with Crippen LogP contribution >= 0.6 is 11.3 Å². The number of carbonyl (C=O) groups is 1. The number of benzene rings is 2. The molecule has 3 N–H and O–H groups in total. The number of alkyl halides is 2. The zero-order valence-corrected chi connectivity index (χ0v) is 24.3. The molecule has 2 heterocycles. The fourth-order valence-corrected chi connectivity index (χ4v) is 6.68. The zero-order chi connectivity index (χ0) is 30.5. The topological polar surface area (TPSA) is 115 Å². The van der Waals surface area contributed by atoms with Crippen molar-refractivity contribution in [2.75, 3.05) is 0 Å². The second kappa shape index (κ2) is 11.0. The fraction of sp³-hybridized carbons (Fsp3) is 0.290. The van der Waals surface area contributed by atoms with Crippen molar-refractivity contribution in [3.05, 3.63) is 87.9 Å². The summed E-state index contributed by atoms with van der Waals surface area (Å²) in [4.78, 5) is 15.3. The van der Waals surface area contributed by atoms with Crippen molar-refractivity contribution in [1.82, 2.24) is 9.55 Å². The first-order chi connectivity index (χ1) is 20.4. The van der Waals surface area contributed by atoms with Gasteiger partial charge in [0.25, 0.3) is 5.92 Å². The van der Waals surface area contributed by atoms with Crippen molar-refractivity contribution in [1.29, 1.82) is 0 Å². The van der Waals surface area contributed by atoms with Gasteiger partial charge < -0.3 is 5.11 Å². The number of halogens is 3. The van der Waals surface area contributed by atoms with Crippen molar-refractivity contribution in [2.24, 2.45) is 17.0 Å². The monoisotopic (exact) mass is 625 g/mol. The fourth-order valence-electron chi connectivity index (χ4n) is 5.29. The molecule has 0 aliphatic heterocycles. The molecule has 43 heavy (non-hydrogen) atoms. The molecule has 2 fully saturated rings. The van der Waals surface area contributed by atoms with E-state index in [1.807, 2.05) is 29.0 Å². The van der Waals surface area contributed by atoms with Gasteiger partial charge in [-0.2, -0.15) is 0 Å². The lowest BCUT2D eigenvalue weighted by atomic mass is 9.82. The van der Waals surface area contributed by atoms with Gasteiger partial charge in [0.05, 0.1) is 0 Å². The number of hydrogen-bond acceptors (Lipinski definition) is 5. The summed E-state index contributed by atoms with van der Waals surface area (Å²) in [6, 6.07) is 11.2. The Labute approximate surface area is 250 Å². The molecule has 2 aliphatic carbocycles. The normalized spacial score (nSPS) is 16.4. The van der Waals surface area contributed by atoms with E-state index in [0.717, 1.165) is 47.4 Å². The number of sulfonamides is 1. The van der Waals surface area contributed by atoms with Crippen LogP contribution in [0.25, 0.3) is 16.3 Å². The molecule has 222 valence electrons. The second-order valence-electron chi connectivity index (χ2n) is 11.1. The summed E-state index contributed by atoms with van der Waals surface area (Å²) < 4.78 is 66.8. The lowest BCUT2D eigenvalue weighted by Gasteiger charge is -2.31. The SMILES string of the molecule is NS(=O)(=O)c1ccc(Cc2c(-c3cccc(C#CC4CC(F)(F)C4)c3)cn(-c3nc(C(=O)O)cs3)c2CC2CC2)cc1F. The Balaban J connectivity index is 1.46. The van der Waals surface area contributed by atoms with Gasteiger partial charge in [-0.25, -0.2) is 36.5 Å². The summed E-state index contributed by atoms with van der Waals surface area (Å²) in [7, 11) is -4.24. The third-order valence-corrected chi connectivity index (χ3v) is 9.47. The van der Waals surface area contributed by atoms with E-state index in [1.165, 1.54) is 22.8 Å². The maximum absolute atomic E-state index is 14.8. The van der Waals surface area contributed by atoms with Gasteiger partial charge in [0.1, 0.15) is 10.7 Å². The van der Waals surface area contributed by atoms with Gasteiger partial charge in [0.15, 0.2) is 10.8 Å². The maximum atomic E-state index is 14.8. The van der Waals surface area contributed by atoms with E-state index in [2.05, 4.69) is 16.8 Å². The van der Waals surface area contributed by atoms with Gasteiger partial charge in [-0.3, -0.25) is 4.57 Å². The smallest absolute Gasteiger partial charge is 0.355 e. The first kappa shape index (κ1) is 29.2. The number of carboxylic acid groups (broad SMARTS) is 1. The van der Waals surface area contributed by atoms with E-state index >= 15 is 0 Å². The molecule has 2 aromatic heterocycles. The highest BCUT2D eigenvalue weighted by Gasteiger charge is 2.44. The Bertz CT molecular complexity index is 1910. The van der Waals surface area contributed by atoms with Crippen molar-refractivity contribution in [3.63, 3.8) is 0 Å². The van der Waals surface area contributed by atoms with E-state index in [0.29, 0.717) is 28.6 Å². The predicted molar refractivity (Wildman–Crippen MR) is 155 cm³/mol. The standard InChI is InChI=1S/C31H26F3N3O4S2/c32-25-12-20(8-9-28(25)43(35,40)41)11-23-24(22-3-1-2-18(10-22)6-7-21-14-31(33,34)15-21)16-37(27(23)13-19-4-5-19)30-36-26(17-42-30)29(38)39/h1-3,8-10,12,16-17,19,21H,4-5,11,13-15H2,(H,38,39)(H2,35,40,41). The van der Waals surface area contributed by atoms with E-state index in [9.17, 15) is 31.5 Å². The maximum Gasteiger partial charge on any atom is 0.355 e. The lowest BCUT2D eigenvalue weighted by Crippen LogP contribution is -2.34. The van der Waals surface area contributed by atoms with Crippen LogP contribution in [0.2, 0.25) is 0 Å². The average Bonchev–Trinajstić information content (AvgIpc) is 3.48. The largest absolute Gasteiger partial charge is 0.476 e. The van der Waals surface area contributed by atoms with Crippen molar-refractivity contribution >= 4 is 27.3 Å². The molecular weight excluding hydrogens is 599 g/mol. The summed E-state index contributed by atoms with van der Waals surface area (Å²) >= 11 is 1.19. The van der Waals surface area contributed by atoms with Crippen LogP contribution in [0.4, 0.5) is 13.2 Å². The molecule has 2 aromatic carbocycles. The number of nitrogens with zero attached hydrogens (tertiary/aromatic N) is 2. The van der Waals surface area contributed by atoms with Gasteiger partial charge in [0.2, 0.25) is 10.0 Å². The van der Waals surface area contributed by atoms with Crippen LogP contribution in [0.5, 0.6) is 0 Å². The average molecular weight is 626 g/mol. The molecule has 0 amide bonds. The van der Waals surface area contributed by atoms with Crippen LogP contribution in [-0.2, 0) is 22.9 Å². The molecular formula is C31H26F3N3O4S2. The first-order valence-electron chi connectivity index (χ1n) is 13.6. The highest BCUT2D eigenvalue weighted by Crippen LogP contribution is 2.42. The minimum atomic E-state index is -4.24. The summed E-state index contributed by atoms with van der Waals surface area (Å²) in [5.74, 6) is 1.29. The molecule has 0 atom stereocenters. The Hall–Kier alpha value is -3.92. The van der Waals surface area contributed by atoms with Crippen LogP contribution < -0.4 is 5.14 Å². The number of primary sulfonamides is 1. The molecule has 4 aromatic rings. The second-order valence-corrected chi connectivity index (χ2v) is 13.5. The zero-order valence-electron chi connectivity index (χ0n) is 22.7. The van der Waals surface area contributed by atoms with Crippen LogP contribution in [0.3, 0.4) is 0 Å². The van der Waals surface area contributed by atoms with Crippen LogP contribution in [0, 0.1) is 29.5 Å². The Morgan fingerprint density at radius 3 is 2.58 bits per heavy atom. The summed E-state index contributed by atoms with van der Waals surface area (Å²) in [6.07, 6.45) is 4.41. The molecule has 0 bridgehead atoms. The van der Waals surface area contributed by atoms with Gasteiger partial charge in [-0.1, -0.05) is 30.0 Å². The molecule has 7 nitrogen and oxygen atoms in total. The van der Waals surface area contributed by atoms with Gasteiger partial charge >= 0.3 is 5.97 Å². The van der Waals surface area contributed by atoms with E-state index in [4.69, 9.17) is 5.14 Å². The van der Waals surface area contributed by atoms with Gasteiger partial charge in [-0.05, 0) is 72.6 Å². The molecule has 2 saturated carbocycles. The minimum Gasteiger partial charge on any atom is -0.476 e. The van der Waals surface area contributed by atoms with Crippen LogP contribution in [-0.4, -0.2) is 35.0 Å². The molecule has 0 saturated heterocycles. The molecule has 0 spiro atoms. The van der Waals surface area contributed by atoms with Crippen molar-refractivity contribution < 1.29 is 31.5 Å². The van der Waals surface area contributed by atoms with E-state index < -0.39 is 32.6 Å². The first-order valence-corrected chi connectivity index (χ1v) is 16.0. The molecule has 2 aliphatic rings. The van der Waals surface area contributed by atoms with Crippen LogP contribution in [0.15, 0.2) is 58.9 Å². The number of thiazole rings is 1. The number of carboxylic acids is 1. The highest BCUT2D eigenvalue weighted by atomic mass is 32.2. The molecule has 0 radical (unpaired) electrons. The molecule has 0 unspecified atom stereocenters. The third kappa shape index (κ3) is 6.39. The summed E-state index contributed by atoms with van der Waals surface area (Å²) in [5, 5.41) is 16.6. The number of aromatic carboxylic acids is 1. The molecule has 12 heteroatoms. The predicted octanol–water partition coefficient (Wildman–Crippen LogP) is 6.03. The van der Waals surface area contributed by atoms with Crippen LogP contribution in [0.1, 0.15) is 58.6 Å². The number of rotatable bonds is 8. The number of nitrogens with two attached hydrogens (primary N) is 1. The number of aromatic nitrogens is 2. The Kier molecular flexibility index (Phi) is 7.44. The van der Waals surface area contributed by atoms with E-state index in [1.54, 1.807) is 6.07 Å². The van der Waals surface area contributed by atoms with Crippen molar-refractivity contribution in [3.8, 4) is 28.1 Å². The summed E-state index contributed by atoms with van der Waals surface area (Å²) in [5.41, 5.74) is 4.42. The Morgan fingerprint density at radius 2 is 1.95 bits per heavy atom. The summed E-state index contributed by atoms with van der Waals surface area (Å²) in [6.45, 7) is 0. The minimum absolute atomic E-state index is 0.0753. The lowest BCUT2D eigenvalue weighted by molar-refractivity contribution is -0.0936. The number of hydrogen-bond donors (Lipinski definition) is 2. The highest BCUT2D eigenvalue weighted by molar-refractivity contribution is 7.89. The van der Waals surface area contributed by atoms with Gasteiger partial charge in [0, 0.05) is 47.2 Å². The third-order valence-electron chi connectivity index (χ3n) is 7.69. The van der Waals surface area contributed by atoms with Gasteiger partial charge in [-0.15, -0.1) is 11.3 Å².